The molecule has 78 valence electrons. The van der Waals surface area contributed by atoms with Crippen LogP contribution in [-0.2, 0) is 11.2 Å². The lowest BCUT2D eigenvalue weighted by Gasteiger charge is -2.10. The summed E-state index contributed by atoms with van der Waals surface area (Å²) in [5.41, 5.74) is 0. The van der Waals surface area contributed by atoms with Gasteiger partial charge in [-0.25, -0.2) is 0 Å². The number of halogens is 1. The van der Waals surface area contributed by atoms with Crippen LogP contribution in [0.5, 0.6) is 0 Å². The average Bonchev–Trinajstić information content (AvgIpc) is 2.64. The second-order valence-electron chi connectivity index (χ2n) is 3.40. The van der Waals surface area contributed by atoms with Gasteiger partial charge in [-0.2, -0.15) is 0 Å². The molecule has 1 rings (SSSR count). The van der Waals surface area contributed by atoms with Crippen LogP contribution in [0.1, 0.15) is 24.6 Å². The lowest BCUT2D eigenvalue weighted by atomic mass is 9.96. The van der Waals surface area contributed by atoms with Crippen molar-refractivity contribution in [3.05, 3.63) is 22.4 Å². The Labute approximate surface area is 94.1 Å². The molecule has 0 saturated carbocycles. The van der Waals surface area contributed by atoms with Gasteiger partial charge in [0.15, 0.2) is 0 Å². The Morgan fingerprint density at radius 1 is 1.57 bits per heavy atom. The number of aryl methyl sites for hydroxylation is 1. The lowest BCUT2D eigenvalue weighted by Crippen LogP contribution is -2.12. The molecule has 0 spiro atoms. The van der Waals surface area contributed by atoms with Crippen molar-refractivity contribution in [2.24, 2.45) is 5.92 Å². The van der Waals surface area contributed by atoms with Crippen LogP contribution in [0.25, 0.3) is 0 Å². The summed E-state index contributed by atoms with van der Waals surface area (Å²) in [7, 11) is 0. The van der Waals surface area contributed by atoms with Gasteiger partial charge in [0, 0.05) is 16.7 Å². The summed E-state index contributed by atoms with van der Waals surface area (Å²) < 4.78 is 0. The highest BCUT2D eigenvalue weighted by atomic mass is 35.5. The largest absolute Gasteiger partial charge is 0.300 e. The highest BCUT2D eigenvalue weighted by Gasteiger charge is 2.13. The molecule has 1 unspecified atom stereocenters. The van der Waals surface area contributed by atoms with Crippen LogP contribution in [-0.4, -0.2) is 11.7 Å². The van der Waals surface area contributed by atoms with Gasteiger partial charge >= 0.3 is 0 Å². The van der Waals surface area contributed by atoms with E-state index in [1.165, 1.54) is 4.88 Å². The molecule has 0 amide bonds. The van der Waals surface area contributed by atoms with E-state index in [0.29, 0.717) is 5.88 Å². The molecule has 1 nitrogen and oxygen atoms in total. The highest BCUT2D eigenvalue weighted by molar-refractivity contribution is 7.09. The van der Waals surface area contributed by atoms with Crippen molar-refractivity contribution >= 4 is 28.7 Å². The van der Waals surface area contributed by atoms with E-state index in [1.807, 2.05) is 6.07 Å². The summed E-state index contributed by atoms with van der Waals surface area (Å²) in [5, 5.41) is 2.07. The molecule has 0 fully saturated rings. The second kappa shape index (κ2) is 6.20. The number of rotatable bonds is 6. The summed E-state index contributed by atoms with van der Waals surface area (Å²) in [6, 6.07) is 4.16. The Morgan fingerprint density at radius 3 is 2.86 bits per heavy atom. The zero-order chi connectivity index (χ0) is 10.4. The lowest BCUT2D eigenvalue weighted by molar-refractivity contribution is -0.120. The minimum Gasteiger partial charge on any atom is -0.300 e. The molecule has 0 bridgehead atoms. The molecule has 0 aromatic carbocycles. The van der Waals surface area contributed by atoms with E-state index >= 15 is 0 Å². The predicted molar refractivity (Wildman–Crippen MR) is 62.1 cm³/mol. The number of thiophene rings is 1. The monoisotopic (exact) mass is 230 g/mol. The fourth-order valence-corrected chi connectivity index (χ4v) is 2.44. The Kier molecular flexibility index (Phi) is 5.20. The third kappa shape index (κ3) is 3.81. The first-order valence-electron chi connectivity index (χ1n) is 4.83. The van der Waals surface area contributed by atoms with Gasteiger partial charge in [-0.15, -0.1) is 22.9 Å². The van der Waals surface area contributed by atoms with Gasteiger partial charge in [-0.05, 0) is 37.6 Å². The summed E-state index contributed by atoms with van der Waals surface area (Å²) in [6.07, 6.45) is 2.74. The van der Waals surface area contributed by atoms with Crippen LogP contribution in [0.4, 0.5) is 0 Å². The molecular weight excluding hydrogens is 216 g/mol. The van der Waals surface area contributed by atoms with Crippen molar-refractivity contribution in [3.63, 3.8) is 0 Å². The number of carbonyl (C=O) groups excluding carboxylic acids is 1. The quantitative estimate of drug-likeness (QED) is 0.684. The fourth-order valence-electron chi connectivity index (χ4n) is 1.45. The Balaban J connectivity index is 2.37. The number of alkyl halides is 1. The maximum Gasteiger partial charge on any atom is 0.132 e. The van der Waals surface area contributed by atoms with E-state index in [1.54, 1.807) is 18.3 Å². The molecule has 1 aromatic rings. The highest BCUT2D eigenvalue weighted by Crippen LogP contribution is 2.18. The topological polar surface area (TPSA) is 17.1 Å². The van der Waals surface area contributed by atoms with E-state index in [0.717, 1.165) is 19.3 Å². The summed E-state index contributed by atoms with van der Waals surface area (Å²) in [4.78, 5) is 12.6. The van der Waals surface area contributed by atoms with Gasteiger partial charge in [0.1, 0.15) is 5.78 Å². The zero-order valence-corrected chi connectivity index (χ0v) is 9.90. The molecular formula is C11H15ClOS. The van der Waals surface area contributed by atoms with Crippen LogP contribution >= 0.6 is 22.9 Å². The number of carbonyl (C=O) groups is 1. The maximum atomic E-state index is 11.2. The van der Waals surface area contributed by atoms with Crippen LogP contribution < -0.4 is 0 Å². The van der Waals surface area contributed by atoms with Crippen LogP contribution in [0.3, 0.4) is 0 Å². The number of hydrogen-bond acceptors (Lipinski definition) is 2. The third-order valence-electron chi connectivity index (χ3n) is 2.35. The van der Waals surface area contributed by atoms with Crippen molar-refractivity contribution in [3.8, 4) is 0 Å². The predicted octanol–water partition coefficient (Wildman–Crippen LogP) is 3.51. The molecule has 1 heterocycles. The van der Waals surface area contributed by atoms with E-state index < -0.39 is 0 Å². The molecule has 0 aliphatic rings. The second-order valence-corrected chi connectivity index (χ2v) is 4.81. The first-order valence-corrected chi connectivity index (χ1v) is 6.24. The molecule has 1 atom stereocenters. The molecule has 14 heavy (non-hydrogen) atoms. The van der Waals surface area contributed by atoms with Crippen LogP contribution in [0.15, 0.2) is 17.5 Å². The minimum atomic E-state index is 0.148. The normalized spacial score (nSPS) is 12.7. The third-order valence-corrected chi connectivity index (χ3v) is 3.51. The van der Waals surface area contributed by atoms with Gasteiger partial charge in [0.25, 0.3) is 0 Å². The average molecular weight is 231 g/mol. The molecule has 0 aliphatic carbocycles. The number of ketones is 1. The molecule has 1 aromatic heterocycles. The van der Waals surface area contributed by atoms with Gasteiger partial charge in [0.05, 0.1) is 0 Å². The smallest absolute Gasteiger partial charge is 0.132 e. The number of Topliss-reactive ketones (excluding diaryl/α,β-unsaturated/α-hetero) is 1. The molecule has 3 heteroatoms. The Morgan fingerprint density at radius 2 is 2.36 bits per heavy atom. The van der Waals surface area contributed by atoms with Crippen molar-refractivity contribution in [1.29, 1.82) is 0 Å². The molecule has 0 N–H and O–H groups in total. The van der Waals surface area contributed by atoms with E-state index in [-0.39, 0.29) is 11.7 Å². The fraction of sp³-hybridized carbons (Fsp3) is 0.545. The Hall–Kier alpha value is -0.340. The number of hydrogen-bond donors (Lipinski definition) is 0. The first-order chi connectivity index (χ1) is 6.74. The summed E-state index contributed by atoms with van der Waals surface area (Å²) in [5.74, 6) is 0.992. The minimum absolute atomic E-state index is 0.148. The van der Waals surface area contributed by atoms with Gasteiger partial charge in [0.2, 0.25) is 0 Å². The summed E-state index contributed by atoms with van der Waals surface area (Å²) in [6.45, 7) is 1.66. The van der Waals surface area contributed by atoms with Gasteiger partial charge < -0.3 is 0 Å². The van der Waals surface area contributed by atoms with Crippen molar-refractivity contribution in [2.75, 3.05) is 5.88 Å². The SMILES string of the molecule is CC(=O)C(CCCl)CCc1cccs1. The van der Waals surface area contributed by atoms with Crippen molar-refractivity contribution in [2.45, 2.75) is 26.2 Å². The van der Waals surface area contributed by atoms with E-state index in [9.17, 15) is 4.79 Å². The molecule has 0 saturated heterocycles. The standard InChI is InChI=1S/C11H15ClOS/c1-9(13)10(6-7-12)4-5-11-3-2-8-14-11/h2-3,8,10H,4-7H2,1H3. The van der Waals surface area contributed by atoms with Crippen molar-refractivity contribution in [1.82, 2.24) is 0 Å². The molecule has 0 aliphatic heterocycles. The maximum absolute atomic E-state index is 11.2. The van der Waals surface area contributed by atoms with Crippen LogP contribution in [0.2, 0.25) is 0 Å². The first kappa shape index (κ1) is 11.7. The summed E-state index contributed by atoms with van der Waals surface area (Å²) >= 11 is 7.40. The van der Waals surface area contributed by atoms with E-state index in [2.05, 4.69) is 11.4 Å². The van der Waals surface area contributed by atoms with E-state index in [4.69, 9.17) is 11.6 Å². The van der Waals surface area contributed by atoms with Gasteiger partial charge in [-0.1, -0.05) is 6.07 Å². The van der Waals surface area contributed by atoms with Crippen LogP contribution in [0, 0.1) is 5.92 Å². The Bertz CT molecular complexity index is 269. The van der Waals surface area contributed by atoms with Gasteiger partial charge in [-0.3, -0.25) is 4.79 Å². The zero-order valence-electron chi connectivity index (χ0n) is 8.33. The van der Waals surface area contributed by atoms with Crippen molar-refractivity contribution < 1.29 is 4.79 Å². The molecule has 0 radical (unpaired) electrons.